The fourth-order valence-corrected chi connectivity index (χ4v) is 4.21. The van der Waals surface area contributed by atoms with Crippen LogP contribution in [-0.4, -0.2) is 72.4 Å². The van der Waals surface area contributed by atoms with Crippen LogP contribution >= 0.6 is 0 Å². The average Bonchev–Trinajstić information content (AvgIpc) is 2.96. The van der Waals surface area contributed by atoms with Crippen molar-refractivity contribution in [2.24, 2.45) is 5.92 Å². The smallest absolute Gasteiger partial charge is 0.236 e. The molecule has 2 aliphatic heterocycles. The minimum Gasteiger partial charge on any atom is -0.393 e. The number of nitrogens with zero attached hydrogens (tertiary/aromatic N) is 2. The first-order valence-electron chi connectivity index (χ1n) is 8.53. The van der Waals surface area contributed by atoms with Crippen LogP contribution in [0, 0.1) is 5.92 Å². The van der Waals surface area contributed by atoms with Crippen LogP contribution in [0.3, 0.4) is 0 Å². The average molecular weight is 296 g/mol. The van der Waals surface area contributed by atoms with Gasteiger partial charge in [0.05, 0.1) is 25.9 Å². The van der Waals surface area contributed by atoms with Gasteiger partial charge in [-0.05, 0) is 32.2 Å². The van der Waals surface area contributed by atoms with Gasteiger partial charge in [0.15, 0.2) is 0 Å². The summed E-state index contributed by atoms with van der Waals surface area (Å²) in [5.74, 6) is 0.606. The van der Waals surface area contributed by atoms with Gasteiger partial charge in [0, 0.05) is 25.0 Å². The Balaban J connectivity index is 1.57. The second-order valence-corrected chi connectivity index (χ2v) is 6.69. The zero-order valence-electron chi connectivity index (χ0n) is 12.9. The van der Waals surface area contributed by atoms with E-state index >= 15 is 0 Å². The van der Waals surface area contributed by atoms with Crippen molar-refractivity contribution in [1.82, 2.24) is 9.80 Å². The second-order valence-electron chi connectivity index (χ2n) is 6.69. The van der Waals surface area contributed by atoms with Gasteiger partial charge in [0.2, 0.25) is 5.91 Å². The number of carbonyl (C=O) groups excluding carboxylic acids is 1. The lowest BCUT2D eigenvalue weighted by atomic mass is 9.80. The van der Waals surface area contributed by atoms with Crippen LogP contribution in [0.5, 0.6) is 0 Å². The minimum atomic E-state index is -0.164. The maximum atomic E-state index is 12.4. The Labute approximate surface area is 127 Å². The van der Waals surface area contributed by atoms with Gasteiger partial charge in [0.1, 0.15) is 0 Å². The van der Waals surface area contributed by atoms with Gasteiger partial charge < -0.3 is 14.7 Å². The summed E-state index contributed by atoms with van der Waals surface area (Å²) in [5.41, 5.74) is 0. The molecule has 0 aromatic rings. The number of hydrogen-bond donors (Lipinski definition) is 1. The number of likely N-dealkylation sites (tertiary alicyclic amines) is 1. The van der Waals surface area contributed by atoms with Gasteiger partial charge in [-0.25, -0.2) is 0 Å². The molecule has 3 aliphatic rings. The maximum Gasteiger partial charge on any atom is 0.236 e. The van der Waals surface area contributed by atoms with Gasteiger partial charge in [-0.15, -0.1) is 0 Å². The third kappa shape index (κ3) is 3.58. The van der Waals surface area contributed by atoms with E-state index in [0.29, 0.717) is 31.7 Å². The molecule has 0 bridgehead atoms. The zero-order valence-corrected chi connectivity index (χ0v) is 12.9. The third-order valence-corrected chi connectivity index (χ3v) is 5.39. The highest BCUT2D eigenvalue weighted by Crippen LogP contribution is 2.34. The molecule has 3 rings (SSSR count). The largest absolute Gasteiger partial charge is 0.393 e. The van der Waals surface area contributed by atoms with E-state index in [9.17, 15) is 9.90 Å². The van der Waals surface area contributed by atoms with Crippen LogP contribution in [0.2, 0.25) is 0 Å². The number of amides is 1. The Morgan fingerprint density at radius 3 is 2.57 bits per heavy atom. The zero-order chi connectivity index (χ0) is 14.7. The number of carbonyl (C=O) groups is 1. The normalized spacial score (nSPS) is 35.1. The molecular weight excluding hydrogens is 268 g/mol. The predicted molar refractivity (Wildman–Crippen MR) is 80.0 cm³/mol. The fourth-order valence-electron chi connectivity index (χ4n) is 4.21. The summed E-state index contributed by atoms with van der Waals surface area (Å²) in [5, 5.41) is 10.3. The number of aliphatic hydroxyl groups is 1. The molecule has 1 saturated carbocycles. The summed E-state index contributed by atoms with van der Waals surface area (Å²) in [6, 6.07) is 0.408. The first-order chi connectivity index (χ1) is 10.3. The number of aliphatic hydroxyl groups excluding tert-OH is 1. The molecule has 1 amide bonds. The molecule has 1 N–H and O–H groups in total. The van der Waals surface area contributed by atoms with Crippen LogP contribution in [-0.2, 0) is 9.53 Å². The molecule has 5 heteroatoms. The fraction of sp³-hybridized carbons (Fsp3) is 0.938. The molecular formula is C16H28N2O3. The minimum absolute atomic E-state index is 0.164. The van der Waals surface area contributed by atoms with E-state index in [1.165, 1.54) is 6.42 Å². The van der Waals surface area contributed by atoms with Crippen LogP contribution in [0.4, 0.5) is 0 Å². The Morgan fingerprint density at radius 2 is 1.81 bits per heavy atom. The van der Waals surface area contributed by atoms with E-state index in [0.717, 1.165) is 51.7 Å². The number of ether oxygens (including phenoxy) is 1. The molecule has 21 heavy (non-hydrogen) atoms. The van der Waals surface area contributed by atoms with Crippen molar-refractivity contribution in [3.05, 3.63) is 0 Å². The molecule has 3 fully saturated rings. The van der Waals surface area contributed by atoms with Crippen molar-refractivity contribution in [3.63, 3.8) is 0 Å². The van der Waals surface area contributed by atoms with E-state index in [4.69, 9.17) is 4.74 Å². The lowest BCUT2D eigenvalue weighted by Crippen LogP contribution is -2.49. The van der Waals surface area contributed by atoms with Crippen LogP contribution in [0.15, 0.2) is 0 Å². The van der Waals surface area contributed by atoms with E-state index in [1.807, 2.05) is 4.90 Å². The molecule has 120 valence electrons. The van der Waals surface area contributed by atoms with Crippen LogP contribution < -0.4 is 0 Å². The number of morpholine rings is 1. The van der Waals surface area contributed by atoms with Gasteiger partial charge in [-0.2, -0.15) is 0 Å². The van der Waals surface area contributed by atoms with Crippen molar-refractivity contribution in [2.75, 3.05) is 39.4 Å². The molecule has 2 heterocycles. The third-order valence-electron chi connectivity index (χ3n) is 5.39. The molecule has 2 saturated heterocycles. The molecule has 0 spiro atoms. The van der Waals surface area contributed by atoms with Gasteiger partial charge in [-0.1, -0.05) is 12.8 Å². The number of rotatable bonds is 3. The van der Waals surface area contributed by atoms with Crippen LogP contribution in [0.25, 0.3) is 0 Å². The standard InChI is InChI=1S/C16H28N2O3/c19-15-6-2-1-4-13(15)14-5-3-7-18(14)12-16(20)17-8-10-21-11-9-17/h13-15,19H,1-12H2. The van der Waals surface area contributed by atoms with Crippen molar-refractivity contribution in [2.45, 2.75) is 50.7 Å². The lowest BCUT2D eigenvalue weighted by Gasteiger charge is -2.38. The Hall–Kier alpha value is -0.650. The van der Waals surface area contributed by atoms with E-state index < -0.39 is 0 Å². The van der Waals surface area contributed by atoms with E-state index in [2.05, 4.69) is 4.90 Å². The van der Waals surface area contributed by atoms with E-state index in [-0.39, 0.29) is 12.0 Å². The van der Waals surface area contributed by atoms with Gasteiger partial charge in [-0.3, -0.25) is 9.69 Å². The highest BCUT2D eigenvalue weighted by atomic mass is 16.5. The van der Waals surface area contributed by atoms with E-state index in [1.54, 1.807) is 0 Å². The molecule has 5 nitrogen and oxygen atoms in total. The highest BCUT2D eigenvalue weighted by Gasteiger charge is 2.37. The first-order valence-corrected chi connectivity index (χ1v) is 8.53. The maximum absolute atomic E-state index is 12.4. The molecule has 0 radical (unpaired) electrons. The Morgan fingerprint density at radius 1 is 1.05 bits per heavy atom. The summed E-state index contributed by atoms with van der Waals surface area (Å²) in [6.07, 6.45) is 6.56. The molecule has 3 unspecified atom stereocenters. The second kappa shape index (κ2) is 7.07. The summed E-state index contributed by atoms with van der Waals surface area (Å²) < 4.78 is 5.31. The van der Waals surface area contributed by atoms with Gasteiger partial charge >= 0.3 is 0 Å². The monoisotopic (exact) mass is 296 g/mol. The summed E-state index contributed by atoms with van der Waals surface area (Å²) >= 11 is 0. The van der Waals surface area contributed by atoms with Crippen molar-refractivity contribution in [1.29, 1.82) is 0 Å². The first kappa shape index (κ1) is 15.3. The quantitative estimate of drug-likeness (QED) is 0.839. The Bertz CT molecular complexity index is 357. The highest BCUT2D eigenvalue weighted by molar-refractivity contribution is 5.78. The summed E-state index contributed by atoms with van der Waals surface area (Å²) in [6.45, 7) is 4.30. The summed E-state index contributed by atoms with van der Waals surface area (Å²) in [7, 11) is 0. The Kier molecular flexibility index (Phi) is 5.14. The summed E-state index contributed by atoms with van der Waals surface area (Å²) in [4.78, 5) is 16.7. The lowest BCUT2D eigenvalue weighted by molar-refractivity contribution is -0.137. The molecule has 0 aromatic heterocycles. The van der Waals surface area contributed by atoms with Crippen molar-refractivity contribution >= 4 is 5.91 Å². The van der Waals surface area contributed by atoms with Crippen LogP contribution in [0.1, 0.15) is 38.5 Å². The van der Waals surface area contributed by atoms with Crippen molar-refractivity contribution < 1.29 is 14.6 Å². The topological polar surface area (TPSA) is 53.0 Å². The molecule has 3 atom stereocenters. The SMILES string of the molecule is O=C(CN1CCCC1C1CCCCC1O)N1CCOCC1. The molecule has 1 aliphatic carbocycles. The molecule has 0 aromatic carbocycles. The van der Waals surface area contributed by atoms with Crippen molar-refractivity contribution in [3.8, 4) is 0 Å². The van der Waals surface area contributed by atoms with Gasteiger partial charge in [0.25, 0.3) is 0 Å². The number of hydrogen-bond acceptors (Lipinski definition) is 4. The predicted octanol–water partition coefficient (Wildman–Crippen LogP) is 0.861.